The van der Waals surface area contributed by atoms with Gasteiger partial charge in [-0.15, -0.1) is 0 Å². The minimum Gasteiger partial charge on any atom is -0.329 e. The summed E-state index contributed by atoms with van der Waals surface area (Å²) in [5.41, 5.74) is 6.08. The van der Waals surface area contributed by atoms with Crippen LogP contribution < -0.4 is 5.73 Å². The number of nitrogens with zero attached hydrogens (tertiary/aromatic N) is 3. The first kappa shape index (κ1) is 19.8. The van der Waals surface area contributed by atoms with Crippen LogP contribution in [0.25, 0.3) is 11.4 Å². The molecule has 2 N–H and O–H groups in total. The maximum atomic E-state index is 12.8. The lowest BCUT2D eigenvalue weighted by atomic mass is 10.00. The molecule has 0 amide bonds. The molecule has 0 aliphatic carbocycles. The molecule has 0 aliphatic heterocycles. The number of benzene rings is 1. The monoisotopic (exact) mass is 402 g/mol. The van der Waals surface area contributed by atoms with Crippen LogP contribution in [-0.2, 0) is 18.8 Å². The Labute approximate surface area is 154 Å². The maximum absolute atomic E-state index is 12.8. The van der Waals surface area contributed by atoms with Gasteiger partial charge in [0.1, 0.15) is 0 Å². The predicted octanol–water partition coefficient (Wildman–Crippen LogP) is 4.41. The molecule has 0 aliphatic rings. The molecule has 1 aromatic carbocycles. The fraction of sp³-hybridized carbons (Fsp3) is 0.235. The normalized spacial score (nSPS) is 13.5. The molecule has 0 spiro atoms. The van der Waals surface area contributed by atoms with Crippen LogP contribution in [-0.4, -0.2) is 15.1 Å². The van der Waals surface area contributed by atoms with Crippen molar-refractivity contribution in [2.24, 2.45) is 5.73 Å². The quantitative estimate of drug-likeness (QED) is 0.654. The van der Waals surface area contributed by atoms with Crippen LogP contribution in [0.3, 0.4) is 0 Å². The van der Waals surface area contributed by atoms with Gasteiger partial charge in [-0.1, -0.05) is 17.3 Å². The van der Waals surface area contributed by atoms with E-state index in [1.165, 1.54) is 30.5 Å². The summed E-state index contributed by atoms with van der Waals surface area (Å²) in [5.74, 6) is -1.76. The van der Waals surface area contributed by atoms with E-state index in [2.05, 4.69) is 19.6 Å². The largest absolute Gasteiger partial charge is 0.471 e. The average Bonchev–Trinajstić information content (AvgIpc) is 3.12. The highest BCUT2D eigenvalue weighted by Crippen LogP contribution is 2.31. The third kappa shape index (κ3) is 4.47. The van der Waals surface area contributed by atoms with E-state index in [0.717, 1.165) is 12.1 Å². The number of pyridine rings is 1. The Kier molecular flexibility index (Phi) is 5.11. The summed E-state index contributed by atoms with van der Waals surface area (Å²) < 4.78 is 80.0. The summed E-state index contributed by atoms with van der Waals surface area (Å²) in [6.45, 7) is 0. The van der Waals surface area contributed by atoms with Crippen LogP contribution in [0.1, 0.15) is 28.8 Å². The molecule has 2 aromatic heterocycles. The van der Waals surface area contributed by atoms with Crippen molar-refractivity contribution in [3.63, 3.8) is 0 Å². The molecule has 0 radical (unpaired) electrons. The predicted molar refractivity (Wildman–Crippen MR) is 84.6 cm³/mol. The van der Waals surface area contributed by atoms with E-state index in [4.69, 9.17) is 5.73 Å². The first-order chi connectivity index (χ1) is 13.0. The van der Waals surface area contributed by atoms with Gasteiger partial charge in [0.05, 0.1) is 5.56 Å². The third-order valence-corrected chi connectivity index (χ3v) is 3.82. The van der Waals surface area contributed by atoms with E-state index < -0.39 is 29.8 Å². The molecule has 1 atom stereocenters. The van der Waals surface area contributed by atoms with Crippen molar-refractivity contribution in [1.82, 2.24) is 15.1 Å². The molecule has 2 heterocycles. The molecule has 11 heteroatoms. The van der Waals surface area contributed by atoms with Crippen LogP contribution in [0, 0.1) is 0 Å². The standard InChI is InChI=1S/C17H12F6N4O/c18-16(19,20)11-3-1-2-9(6-11)13(24)7-12-5-4-10(8-25-12)14-26-15(28-27-14)17(21,22)23/h1-6,8,13H,7,24H2. The number of rotatable bonds is 4. The Morgan fingerprint density at radius 2 is 1.75 bits per heavy atom. The van der Waals surface area contributed by atoms with Gasteiger partial charge in [0.2, 0.25) is 5.82 Å². The van der Waals surface area contributed by atoms with Gasteiger partial charge in [-0.3, -0.25) is 4.98 Å². The zero-order valence-electron chi connectivity index (χ0n) is 13.9. The van der Waals surface area contributed by atoms with Crippen LogP contribution >= 0.6 is 0 Å². The molecule has 3 aromatic rings. The van der Waals surface area contributed by atoms with Crippen LogP contribution in [0.2, 0.25) is 0 Å². The highest BCUT2D eigenvalue weighted by Gasteiger charge is 2.38. The van der Waals surface area contributed by atoms with Crippen molar-refractivity contribution < 1.29 is 30.9 Å². The molecular weight excluding hydrogens is 390 g/mol. The summed E-state index contributed by atoms with van der Waals surface area (Å²) in [7, 11) is 0. The van der Waals surface area contributed by atoms with Gasteiger partial charge in [0.25, 0.3) is 0 Å². The van der Waals surface area contributed by atoms with Crippen LogP contribution in [0.4, 0.5) is 26.3 Å². The van der Waals surface area contributed by atoms with E-state index in [0.29, 0.717) is 5.69 Å². The van der Waals surface area contributed by atoms with Crippen LogP contribution in [0.15, 0.2) is 47.1 Å². The second-order valence-electron chi connectivity index (χ2n) is 5.89. The molecule has 0 saturated heterocycles. The molecule has 28 heavy (non-hydrogen) atoms. The molecule has 148 valence electrons. The van der Waals surface area contributed by atoms with E-state index in [1.54, 1.807) is 0 Å². The molecule has 0 fully saturated rings. The fourth-order valence-electron chi connectivity index (χ4n) is 2.42. The van der Waals surface area contributed by atoms with E-state index >= 15 is 0 Å². The Bertz CT molecular complexity index is 949. The maximum Gasteiger partial charge on any atom is 0.471 e. The molecule has 3 rings (SSSR count). The van der Waals surface area contributed by atoms with E-state index in [1.807, 2.05) is 0 Å². The van der Waals surface area contributed by atoms with Gasteiger partial charge in [-0.2, -0.15) is 31.3 Å². The summed E-state index contributed by atoms with van der Waals surface area (Å²) in [6, 6.07) is 6.82. The number of hydrogen-bond acceptors (Lipinski definition) is 5. The van der Waals surface area contributed by atoms with Crippen molar-refractivity contribution in [3.05, 3.63) is 65.3 Å². The average molecular weight is 402 g/mol. The Morgan fingerprint density at radius 3 is 2.32 bits per heavy atom. The van der Waals surface area contributed by atoms with E-state index in [9.17, 15) is 26.3 Å². The van der Waals surface area contributed by atoms with Gasteiger partial charge in [0, 0.05) is 29.9 Å². The Hall–Kier alpha value is -2.95. The highest BCUT2D eigenvalue weighted by molar-refractivity contribution is 5.52. The van der Waals surface area contributed by atoms with Gasteiger partial charge < -0.3 is 10.3 Å². The van der Waals surface area contributed by atoms with Crippen molar-refractivity contribution in [2.75, 3.05) is 0 Å². The number of halogens is 6. The third-order valence-electron chi connectivity index (χ3n) is 3.82. The van der Waals surface area contributed by atoms with Crippen molar-refractivity contribution in [1.29, 1.82) is 0 Å². The second-order valence-corrected chi connectivity index (χ2v) is 5.89. The lowest BCUT2D eigenvalue weighted by Gasteiger charge is -2.14. The lowest BCUT2D eigenvalue weighted by molar-refractivity contribution is -0.159. The summed E-state index contributed by atoms with van der Waals surface area (Å²) >= 11 is 0. The molecular formula is C17H12F6N4O. The van der Waals surface area contributed by atoms with Crippen molar-refractivity contribution in [2.45, 2.75) is 24.8 Å². The first-order valence-electron chi connectivity index (χ1n) is 7.83. The summed E-state index contributed by atoms with van der Waals surface area (Å²) in [4.78, 5) is 7.31. The number of aromatic nitrogens is 3. The number of alkyl halides is 6. The Morgan fingerprint density at radius 1 is 1.00 bits per heavy atom. The van der Waals surface area contributed by atoms with E-state index in [-0.39, 0.29) is 23.4 Å². The summed E-state index contributed by atoms with van der Waals surface area (Å²) in [6.07, 6.45) is -7.87. The Balaban J connectivity index is 1.73. The van der Waals surface area contributed by atoms with Crippen LogP contribution in [0.5, 0.6) is 0 Å². The SMILES string of the molecule is NC(Cc1ccc(-c2noc(C(F)(F)F)n2)cn1)c1cccc(C(F)(F)F)c1. The number of nitrogens with two attached hydrogens (primary N) is 1. The first-order valence-corrected chi connectivity index (χ1v) is 7.83. The zero-order chi connectivity index (χ0) is 20.5. The van der Waals surface area contributed by atoms with Gasteiger partial charge in [-0.05, 0) is 29.8 Å². The highest BCUT2D eigenvalue weighted by atomic mass is 19.4. The molecule has 5 nitrogen and oxygen atoms in total. The fourth-order valence-corrected chi connectivity index (χ4v) is 2.42. The minimum absolute atomic E-state index is 0.127. The zero-order valence-corrected chi connectivity index (χ0v) is 13.9. The van der Waals surface area contributed by atoms with Gasteiger partial charge in [0.15, 0.2) is 0 Å². The molecule has 1 unspecified atom stereocenters. The van der Waals surface area contributed by atoms with Gasteiger partial charge in [-0.25, -0.2) is 0 Å². The molecule has 0 saturated carbocycles. The minimum atomic E-state index is -4.75. The second kappa shape index (κ2) is 7.23. The topological polar surface area (TPSA) is 77.8 Å². The number of hydrogen-bond donors (Lipinski definition) is 1. The summed E-state index contributed by atoms with van der Waals surface area (Å²) in [5, 5.41) is 3.25. The smallest absolute Gasteiger partial charge is 0.329 e. The lowest BCUT2D eigenvalue weighted by Crippen LogP contribution is -2.15. The molecule has 0 bridgehead atoms. The van der Waals surface area contributed by atoms with Crippen molar-refractivity contribution >= 4 is 0 Å². The van der Waals surface area contributed by atoms with Gasteiger partial charge >= 0.3 is 18.2 Å². The van der Waals surface area contributed by atoms with Crippen molar-refractivity contribution in [3.8, 4) is 11.4 Å².